The molecule has 0 bridgehead atoms. The Morgan fingerprint density at radius 2 is 1.36 bits per heavy atom. The largest absolute Gasteiger partial charge is 0.355 e. The highest BCUT2D eigenvalue weighted by atomic mass is 15.3. The number of nitrogens with one attached hydrogen (secondary N) is 2. The van der Waals surface area contributed by atoms with Gasteiger partial charge in [-0.25, -0.2) is 4.68 Å². The van der Waals surface area contributed by atoms with Crippen molar-refractivity contribution in [1.29, 1.82) is 5.41 Å². The van der Waals surface area contributed by atoms with Crippen LogP contribution >= 0.6 is 0 Å². The normalized spacial score (nSPS) is 11.5. The van der Waals surface area contributed by atoms with Gasteiger partial charge in [-0.3, -0.25) is 0 Å². The second kappa shape index (κ2) is 8.40. The van der Waals surface area contributed by atoms with Gasteiger partial charge in [-0.15, -0.1) is 0 Å². The predicted molar refractivity (Wildman–Crippen MR) is 137 cm³/mol. The van der Waals surface area contributed by atoms with E-state index in [1.807, 2.05) is 89.6 Å². The van der Waals surface area contributed by atoms with Crippen LogP contribution < -0.4 is 5.32 Å². The Hall–Kier alpha value is -4.18. The zero-order chi connectivity index (χ0) is 22.8. The first-order chi connectivity index (χ1) is 16.1. The number of anilines is 2. The van der Waals surface area contributed by atoms with E-state index in [4.69, 9.17) is 5.10 Å². The molecule has 1 aromatic heterocycles. The highest BCUT2D eigenvalue weighted by Crippen LogP contribution is 2.35. The fourth-order valence-corrected chi connectivity index (χ4v) is 4.24. The lowest BCUT2D eigenvalue weighted by molar-refractivity contribution is 0.671. The number of hydrogen-bond donors (Lipinski definition) is 2. The summed E-state index contributed by atoms with van der Waals surface area (Å²) in [6.45, 7) is 4.16. The second-order valence-electron chi connectivity index (χ2n) is 8.65. The van der Waals surface area contributed by atoms with Crippen LogP contribution in [-0.4, -0.2) is 15.5 Å². The zero-order valence-electron chi connectivity index (χ0n) is 18.8. The third-order valence-corrected chi connectivity index (χ3v) is 6.05. The van der Waals surface area contributed by atoms with Gasteiger partial charge >= 0.3 is 0 Å². The van der Waals surface area contributed by atoms with Crippen molar-refractivity contribution in [1.82, 2.24) is 9.78 Å². The van der Waals surface area contributed by atoms with Crippen LogP contribution in [0.25, 0.3) is 16.6 Å². The van der Waals surface area contributed by atoms with E-state index in [0.29, 0.717) is 5.71 Å². The molecule has 0 amide bonds. The summed E-state index contributed by atoms with van der Waals surface area (Å²) in [6.07, 6.45) is 0. The first-order valence-corrected chi connectivity index (χ1v) is 11.1. The van der Waals surface area contributed by atoms with Crippen molar-refractivity contribution in [3.63, 3.8) is 0 Å². The van der Waals surface area contributed by atoms with Crippen LogP contribution in [0, 0.1) is 5.41 Å². The van der Waals surface area contributed by atoms with Gasteiger partial charge in [0.15, 0.2) is 0 Å². The number of hydrogen-bond acceptors (Lipinski definition) is 3. The summed E-state index contributed by atoms with van der Waals surface area (Å²) in [7, 11) is 0. The molecule has 0 fully saturated rings. The fourth-order valence-electron chi connectivity index (χ4n) is 4.24. The van der Waals surface area contributed by atoms with E-state index in [9.17, 15) is 5.41 Å². The molecule has 0 aliphatic carbocycles. The van der Waals surface area contributed by atoms with Gasteiger partial charge in [0.05, 0.1) is 28.0 Å². The number of rotatable bonds is 6. The van der Waals surface area contributed by atoms with Gasteiger partial charge < -0.3 is 10.7 Å². The predicted octanol–water partition coefficient (Wildman–Crippen LogP) is 7.11. The third-order valence-electron chi connectivity index (χ3n) is 6.05. The van der Waals surface area contributed by atoms with E-state index in [-0.39, 0.29) is 0 Å². The lowest BCUT2D eigenvalue weighted by Crippen LogP contribution is -2.30. The van der Waals surface area contributed by atoms with Crippen LogP contribution in [-0.2, 0) is 5.41 Å². The summed E-state index contributed by atoms with van der Waals surface area (Å²) in [5, 5.41) is 18.9. The van der Waals surface area contributed by atoms with Gasteiger partial charge in [-0.1, -0.05) is 72.8 Å². The molecule has 2 N–H and O–H groups in total. The molecule has 0 aliphatic rings. The van der Waals surface area contributed by atoms with E-state index in [2.05, 4.69) is 43.4 Å². The summed E-state index contributed by atoms with van der Waals surface area (Å²) in [4.78, 5) is 0. The molecule has 4 heteroatoms. The van der Waals surface area contributed by atoms with Gasteiger partial charge in [0.2, 0.25) is 0 Å². The topological polar surface area (TPSA) is 53.7 Å². The van der Waals surface area contributed by atoms with Crippen LogP contribution in [0.2, 0.25) is 0 Å². The molecule has 0 aliphatic heterocycles. The summed E-state index contributed by atoms with van der Waals surface area (Å²) in [5.74, 6) is 0. The molecule has 5 aromatic rings. The average Bonchev–Trinajstić information content (AvgIpc) is 3.26. The molecule has 33 heavy (non-hydrogen) atoms. The van der Waals surface area contributed by atoms with Crippen LogP contribution in [0.3, 0.4) is 0 Å². The van der Waals surface area contributed by atoms with E-state index in [1.54, 1.807) is 0 Å². The van der Waals surface area contributed by atoms with Gasteiger partial charge in [-0.2, -0.15) is 5.10 Å². The van der Waals surface area contributed by atoms with Crippen molar-refractivity contribution >= 4 is 28.0 Å². The molecule has 0 radical (unpaired) electrons. The Morgan fingerprint density at radius 3 is 2.12 bits per heavy atom. The number of fused-ring (bicyclic) bond motifs is 1. The summed E-state index contributed by atoms with van der Waals surface area (Å²) >= 11 is 0. The Balaban J connectivity index is 1.60. The Kier molecular flexibility index (Phi) is 5.27. The van der Waals surface area contributed by atoms with Gasteiger partial charge in [0, 0.05) is 22.3 Å². The number of benzene rings is 4. The minimum Gasteiger partial charge on any atom is -0.355 e. The standard InChI is InChI=1S/C29H26N4/c1-29(2,27(30)23-17-9-11-19-25(23)31-21-13-5-3-6-14-21)28-24-18-10-12-20-26(24)33(32-28)22-15-7-4-8-16-22/h3-20,30-31H,1-2H3. The summed E-state index contributed by atoms with van der Waals surface area (Å²) < 4.78 is 1.98. The molecule has 4 aromatic carbocycles. The Morgan fingerprint density at radius 1 is 0.758 bits per heavy atom. The fraction of sp³-hybridized carbons (Fsp3) is 0.103. The van der Waals surface area contributed by atoms with Crippen molar-refractivity contribution in [2.45, 2.75) is 19.3 Å². The molecule has 4 nitrogen and oxygen atoms in total. The molecular weight excluding hydrogens is 404 g/mol. The molecule has 0 atom stereocenters. The first kappa shape index (κ1) is 20.7. The monoisotopic (exact) mass is 430 g/mol. The molecule has 5 rings (SSSR count). The van der Waals surface area contributed by atoms with E-state index < -0.39 is 5.41 Å². The molecule has 162 valence electrons. The van der Waals surface area contributed by atoms with E-state index in [0.717, 1.165) is 39.2 Å². The van der Waals surface area contributed by atoms with Crippen molar-refractivity contribution in [2.75, 3.05) is 5.32 Å². The second-order valence-corrected chi connectivity index (χ2v) is 8.65. The number of nitrogens with zero attached hydrogens (tertiary/aromatic N) is 2. The maximum atomic E-state index is 9.28. The third kappa shape index (κ3) is 3.80. The summed E-state index contributed by atoms with van der Waals surface area (Å²) in [5.41, 5.74) is 5.61. The molecule has 0 unspecified atom stereocenters. The molecule has 0 saturated heterocycles. The van der Waals surface area contributed by atoms with Crippen molar-refractivity contribution in [2.24, 2.45) is 0 Å². The maximum Gasteiger partial charge on any atom is 0.0823 e. The van der Waals surface area contributed by atoms with E-state index in [1.165, 1.54) is 0 Å². The molecule has 1 heterocycles. The minimum atomic E-state index is -0.617. The SMILES string of the molecule is CC(C)(C(=N)c1ccccc1Nc1ccccc1)c1nn(-c2ccccc2)c2ccccc12. The Bertz CT molecular complexity index is 1420. The van der Waals surface area contributed by atoms with Gasteiger partial charge in [0.25, 0.3) is 0 Å². The summed E-state index contributed by atoms with van der Waals surface area (Å²) in [6, 6.07) is 36.5. The lowest BCUT2D eigenvalue weighted by Gasteiger charge is -2.26. The van der Waals surface area contributed by atoms with Gasteiger partial charge in [0.1, 0.15) is 0 Å². The molecule has 0 spiro atoms. The Labute approximate surface area is 194 Å². The minimum absolute atomic E-state index is 0.519. The maximum absolute atomic E-state index is 9.28. The molecule has 0 saturated carbocycles. The van der Waals surface area contributed by atoms with E-state index >= 15 is 0 Å². The number of aromatic nitrogens is 2. The van der Waals surface area contributed by atoms with Gasteiger partial charge in [-0.05, 0) is 50.2 Å². The van der Waals surface area contributed by atoms with Crippen LogP contribution in [0.15, 0.2) is 109 Å². The smallest absolute Gasteiger partial charge is 0.0823 e. The van der Waals surface area contributed by atoms with Crippen molar-refractivity contribution < 1.29 is 0 Å². The zero-order valence-corrected chi connectivity index (χ0v) is 18.8. The van der Waals surface area contributed by atoms with Crippen molar-refractivity contribution in [3.8, 4) is 5.69 Å². The number of para-hydroxylation sites is 4. The highest BCUT2D eigenvalue weighted by Gasteiger charge is 2.33. The first-order valence-electron chi connectivity index (χ1n) is 11.1. The average molecular weight is 431 g/mol. The quantitative estimate of drug-likeness (QED) is 0.282. The van der Waals surface area contributed by atoms with Crippen LogP contribution in [0.5, 0.6) is 0 Å². The van der Waals surface area contributed by atoms with Crippen LogP contribution in [0.4, 0.5) is 11.4 Å². The van der Waals surface area contributed by atoms with Crippen LogP contribution in [0.1, 0.15) is 25.1 Å². The molecular formula is C29H26N4. The van der Waals surface area contributed by atoms with Crippen molar-refractivity contribution in [3.05, 3.63) is 120 Å². The highest BCUT2D eigenvalue weighted by molar-refractivity contribution is 6.11. The lowest BCUT2D eigenvalue weighted by atomic mass is 9.79.